The van der Waals surface area contributed by atoms with Crippen molar-refractivity contribution in [2.24, 2.45) is 4.99 Å². The molecule has 0 fully saturated rings. The zero-order valence-corrected chi connectivity index (χ0v) is 23.4. The summed E-state index contributed by atoms with van der Waals surface area (Å²) in [5, 5.41) is 0. The van der Waals surface area contributed by atoms with Crippen molar-refractivity contribution in [2.75, 3.05) is 25.6 Å². The number of hydrogen-bond acceptors (Lipinski definition) is 8. The van der Waals surface area contributed by atoms with Gasteiger partial charge in [-0.15, -0.1) is 0 Å². The molecule has 36 heavy (non-hydrogen) atoms. The number of carbonyl (C=O) groups is 1. The Labute approximate surface area is 221 Å². The second-order valence-corrected chi connectivity index (χ2v) is 10.6. The Morgan fingerprint density at radius 1 is 1.31 bits per heavy atom. The number of nitrogens with zero attached hydrogens (tertiary/aromatic N) is 3. The molecule has 0 bridgehead atoms. The van der Waals surface area contributed by atoms with Crippen molar-refractivity contribution in [1.82, 2.24) is 4.57 Å². The van der Waals surface area contributed by atoms with Crippen LogP contribution in [0.3, 0.4) is 0 Å². The third-order valence-corrected chi connectivity index (χ3v) is 7.01. The molecule has 1 aromatic carbocycles. The van der Waals surface area contributed by atoms with Gasteiger partial charge >= 0.3 is 5.97 Å². The molecule has 0 spiro atoms. The van der Waals surface area contributed by atoms with Crippen LogP contribution in [-0.2, 0) is 9.53 Å². The molecule has 0 radical (unpaired) electrons. The Morgan fingerprint density at radius 2 is 2.00 bits per heavy atom. The predicted octanol–water partition coefficient (Wildman–Crippen LogP) is 4.01. The van der Waals surface area contributed by atoms with Crippen LogP contribution in [0.1, 0.15) is 45.1 Å². The van der Waals surface area contributed by atoms with Crippen LogP contribution in [0.4, 0.5) is 5.88 Å². The summed E-state index contributed by atoms with van der Waals surface area (Å²) in [5.41, 5.74) is 1.34. The van der Waals surface area contributed by atoms with Crippen LogP contribution in [0.25, 0.3) is 6.08 Å². The number of fused-ring (bicyclic) bond motifs is 1. The summed E-state index contributed by atoms with van der Waals surface area (Å²) in [5.74, 6) is 1.39. The maximum absolute atomic E-state index is 13.7. The molecule has 0 amide bonds. The molecule has 3 heterocycles. The van der Waals surface area contributed by atoms with E-state index in [1.54, 1.807) is 31.4 Å². The second-order valence-electron chi connectivity index (χ2n) is 8.73. The number of hydrogen-bond donors (Lipinski definition) is 0. The lowest BCUT2D eigenvalue weighted by atomic mass is 9.96. The monoisotopic (exact) mass is 573 g/mol. The Hall–Kier alpha value is -3.11. The summed E-state index contributed by atoms with van der Waals surface area (Å²) >= 11 is 4.74. The molecular weight excluding hydrogens is 546 g/mol. The molecule has 0 saturated carbocycles. The molecule has 0 unspecified atom stereocenters. The van der Waals surface area contributed by atoms with E-state index in [0.29, 0.717) is 44.6 Å². The van der Waals surface area contributed by atoms with E-state index < -0.39 is 12.0 Å². The average molecular weight is 574 g/mol. The van der Waals surface area contributed by atoms with Crippen LogP contribution < -0.4 is 24.5 Å². The summed E-state index contributed by atoms with van der Waals surface area (Å²) in [7, 11) is 3.75. The highest BCUT2D eigenvalue weighted by Gasteiger charge is 2.33. The topological polar surface area (TPSA) is 86.3 Å². The minimum atomic E-state index is -0.689. The predicted molar refractivity (Wildman–Crippen MR) is 143 cm³/mol. The van der Waals surface area contributed by atoms with E-state index in [0.717, 1.165) is 10.0 Å². The summed E-state index contributed by atoms with van der Waals surface area (Å²) in [6, 6.07) is 8.51. The number of esters is 1. The lowest BCUT2D eigenvalue weighted by Gasteiger charge is -2.25. The van der Waals surface area contributed by atoms with Gasteiger partial charge in [0.25, 0.3) is 5.56 Å². The normalized spacial score (nSPS) is 15.7. The van der Waals surface area contributed by atoms with Crippen molar-refractivity contribution >= 4 is 45.2 Å². The number of carbonyl (C=O) groups excluding carboxylic acids is 1. The molecule has 1 aliphatic heterocycles. The first-order valence-electron chi connectivity index (χ1n) is 11.5. The van der Waals surface area contributed by atoms with E-state index in [1.165, 1.54) is 11.3 Å². The van der Waals surface area contributed by atoms with Gasteiger partial charge in [0.1, 0.15) is 11.5 Å². The third-order valence-electron chi connectivity index (χ3n) is 5.46. The lowest BCUT2D eigenvalue weighted by molar-refractivity contribution is -0.143. The lowest BCUT2D eigenvalue weighted by Crippen LogP contribution is -2.40. The molecule has 190 valence electrons. The zero-order chi connectivity index (χ0) is 26.1. The van der Waals surface area contributed by atoms with Crippen LogP contribution in [-0.4, -0.2) is 37.3 Å². The molecular formula is C26H28BrN3O5S. The van der Waals surface area contributed by atoms with E-state index >= 15 is 0 Å². The minimum Gasteiger partial charge on any atom is -0.494 e. The van der Waals surface area contributed by atoms with Gasteiger partial charge in [-0.3, -0.25) is 9.36 Å². The third kappa shape index (κ3) is 5.05. The van der Waals surface area contributed by atoms with E-state index in [-0.39, 0.29) is 11.7 Å². The first-order valence-corrected chi connectivity index (χ1v) is 13.1. The van der Waals surface area contributed by atoms with Gasteiger partial charge in [-0.25, -0.2) is 9.79 Å². The number of rotatable bonds is 7. The number of ether oxygens (including phenoxy) is 2. The first kappa shape index (κ1) is 26.0. The molecule has 0 N–H and O–H groups in total. The number of aromatic nitrogens is 1. The van der Waals surface area contributed by atoms with Gasteiger partial charge in [0, 0.05) is 26.2 Å². The highest BCUT2D eigenvalue weighted by molar-refractivity contribution is 9.10. The fraction of sp³-hybridized carbons (Fsp3) is 0.346. The van der Waals surface area contributed by atoms with Gasteiger partial charge in [0.15, 0.2) is 4.80 Å². The number of benzene rings is 1. The van der Waals surface area contributed by atoms with Gasteiger partial charge in [0.05, 0.1) is 39.0 Å². The fourth-order valence-corrected chi connectivity index (χ4v) is 5.66. The van der Waals surface area contributed by atoms with E-state index in [2.05, 4.69) is 20.9 Å². The maximum atomic E-state index is 13.7. The molecule has 0 saturated heterocycles. The number of thiazole rings is 1. The Morgan fingerprint density at radius 3 is 2.58 bits per heavy atom. The Bertz CT molecular complexity index is 1500. The molecule has 4 rings (SSSR count). The molecule has 0 aliphatic carbocycles. The van der Waals surface area contributed by atoms with Crippen molar-refractivity contribution in [1.29, 1.82) is 0 Å². The summed E-state index contributed by atoms with van der Waals surface area (Å²) in [4.78, 5) is 33.9. The fourth-order valence-electron chi connectivity index (χ4n) is 3.97. The van der Waals surface area contributed by atoms with Crippen molar-refractivity contribution in [3.63, 3.8) is 0 Å². The molecule has 2 aromatic heterocycles. The standard InChI is InChI=1S/C26H28BrN3O5S/c1-7-33-17-10-8-16(9-11-17)22-21(25(32)34-14(2)3)15(4)28-26-30(22)23(31)20(36-26)13-18-12-19(27)24(35-18)29(5)6/h8-14,22H,7H2,1-6H3/b20-13+/t22-/m0/s1. The van der Waals surface area contributed by atoms with Crippen LogP contribution in [0.5, 0.6) is 5.75 Å². The van der Waals surface area contributed by atoms with Crippen LogP contribution in [0.15, 0.2) is 60.3 Å². The summed E-state index contributed by atoms with van der Waals surface area (Å²) in [6.07, 6.45) is 1.38. The van der Waals surface area contributed by atoms with Crippen LogP contribution in [0, 0.1) is 0 Å². The highest BCUT2D eigenvalue weighted by atomic mass is 79.9. The molecule has 8 nitrogen and oxygen atoms in total. The summed E-state index contributed by atoms with van der Waals surface area (Å²) in [6.45, 7) is 7.80. The van der Waals surface area contributed by atoms with Gasteiger partial charge in [-0.2, -0.15) is 0 Å². The van der Waals surface area contributed by atoms with Gasteiger partial charge < -0.3 is 18.8 Å². The smallest absolute Gasteiger partial charge is 0.338 e. The molecule has 3 aromatic rings. The molecule has 10 heteroatoms. The van der Waals surface area contributed by atoms with Gasteiger partial charge in [0.2, 0.25) is 5.88 Å². The second kappa shape index (κ2) is 10.5. The number of allylic oxidation sites excluding steroid dienone is 1. The molecule has 1 aliphatic rings. The average Bonchev–Trinajstić information content (AvgIpc) is 3.32. The van der Waals surface area contributed by atoms with Crippen molar-refractivity contribution in [3.05, 3.63) is 77.1 Å². The van der Waals surface area contributed by atoms with Crippen LogP contribution in [0.2, 0.25) is 0 Å². The van der Waals surface area contributed by atoms with Gasteiger partial charge in [-0.05, 0) is 61.3 Å². The highest BCUT2D eigenvalue weighted by Crippen LogP contribution is 2.32. The number of halogens is 1. The maximum Gasteiger partial charge on any atom is 0.338 e. The van der Waals surface area contributed by atoms with Crippen molar-refractivity contribution in [3.8, 4) is 5.75 Å². The van der Waals surface area contributed by atoms with E-state index in [1.807, 2.05) is 56.3 Å². The number of furan rings is 1. The largest absolute Gasteiger partial charge is 0.494 e. The SMILES string of the molecule is CCOc1ccc([C@H]2C(C(=O)OC(C)C)=C(C)N=c3s/c(=C/c4cc(Br)c(N(C)C)o4)c(=O)n32)cc1. The first-order chi connectivity index (χ1) is 17.1. The van der Waals surface area contributed by atoms with E-state index in [4.69, 9.17) is 13.9 Å². The van der Waals surface area contributed by atoms with E-state index in [9.17, 15) is 9.59 Å². The van der Waals surface area contributed by atoms with Crippen molar-refractivity contribution in [2.45, 2.75) is 39.8 Å². The van der Waals surface area contributed by atoms with Crippen LogP contribution >= 0.6 is 27.3 Å². The minimum absolute atomic E-state index is 0.265. The number of anilines is 1. The quantitative estimate of drug-likeness (QED) is 0.397. The Kier molecular flexibility index (Phi) is 7.56. The van der Waals surface area contributed by atoms with Gasteiger partial charge in [-0.1, -0.05) is 23.5 Å². The van der Waals surface area contributed by atoms with Crippen molar-refractivity contribution < 1.29 is 18.7 Å². The zero-order valence-electron chi connectivity index (χ0n) is 21.0. The Balaban J connectivity index is 1.90. The summed E-state index contributed by atoms with van der Waals surface area (Å²) < 4.78 is 19.8. The molecule has 1 atom stereocenters.